The summed E-state index contributed by atoms with van der Waals surface area (Å²) in [5.41, 5.74) is 0. The number of hydrogen-bond donors (Lipinski definition) is 0. The molecule has 14 heteroatoms. The molecular formula is C27H45NO13. The third-order valence-corrected chi connectivity index (χ3v) is 4.97. The van der Waals surface area contributed by atoms with E-state index in [2.05, 4.69) is 6.58 Å². The predicted molar refractivity (Wildman–Crippen MR) is 144 cm³/mol. The molecule has 0 aromatic rings. The van der Waals surface area contributed by atoms with Gasteiger partial charge in [0, 0.05) is 18.2 Å². The molecule has 1 aliphatic rings. The maximum Gasteiger partial charge on any atom is 0.330 e. The van der Waals surface area contributed by atoms with E-state index in [9.17, 15) is 14.4 Å². The Morgan fingerprint density at radius 2 is 0.780 bits per heavy atom. The lowest BCUT2D eigenvalue weighted by atomic mass is 10.5. The third kappa shape index (κ3) is 23.0. The van der Waals surface area contributed by atoms with Crippen LogP contribution in [-0.2, 0) is 61.8 Å². The lowest BCUT2D eigenvalue weighted by Gasteiger charge is -2.13. The van der Waals surface area contributed by atoms with Crippen LogP contribution in [0.4, 0.5) is 0 Å². The van der Waals surface area contributed by atoms with Gasteiger partial charge in [0.1, 0.15) is 6.61 Å². The molecule has 0 bridgehead atoms. The van der Waals surface area contributed by atoms with Crippen LogP contribution < -0.4 is 0 Å². The molecule has 236 valence electrons. The van der Waals surface area contributed by atoms with Crippen LogP contribution >= 0.6 is 0 Å². The Bertz CT molecular complexity index is 701. The highest BCUT2D eigenvalue weighted by Gasteiger charge is 2.22. The van der Waals surface area contributed by atoms with Crippen LogP contribution in [0, 0.1) is 0 Å². The van der Waals surface area contributed by atoms with Gasteiger partial charge in [0.05, 0.1) is 125 Å². The number of carbonyl (C=O) groups excluding carboxylic acids is 3. The van der Waals surface area contributed by atoms with Gasteiger partial charge in [-0.15, -0.1) is 0 Å². The Morgan fingerprint density at radius 1 is 0.512 bits per heavy atom. The summed E-state index contributed by atoms with van der Waals surface area (Å²) in [5, 5.41) is 0. The van der Waals surface area contributed by atoms with E-state index in [1.165, 1.54) is 12.2 Å². The lowest BCUT2D eigenvalue weighted by molar-refractivity contribution is -0.140. The molecule has 41 heavy (non-hydrogen) atoms. The minimum Gasteiger partial charge on any atom is -0.460 e. The fourth-order valence-corrected chi connectivity index (χ4v) is 2.93. The Kier molecular flexibility index (Phi) is 25.0. The van der Waals surface area contributed by atoms with Gasteiger partial charge >= 0.3 is 5.97 Å². The number of rotatable bonds is 31. The maximum absolute atomic E-state index is 11.4. The SMILES string of the molecule is C=CC(=O)OCCOCCOCCOCCOCCOCCOCCOCCOCCOCCN1C(=O)C=CC1=O. The minimum absolute atomic E-state index is 0.192. The van der Waals surface area contributed by atoms with Gasteiger partial charge in [-0.05, 0) is 0 Å². The van der Waals surface area contributed by atoms with Crippen molar-refractivity contribution in [3.8, 4) is 0 Å². The molecule has 0 aliphatic carbocycles. The summed E-state index contributed by atoms with van der Waals surface area (Å²) in [4.78, 5) is 34.7. The average Bonchev–Trinajstić information content (AvgIpc) is 3.30. The van der Waals surface area contributed by atoms with E-state index in [1.807, 2.05) is 0 Å². The molecular weight excluding hydrogens is 546 g/mol. The van der Waals surface area contributed by atoms with Crippen molar-refractivity contribution in [1.29, 1.82) is 0 Å². The maximum atomic E-state index is 11.4. The zero-order valence-electron chi connectivity index (χ0n) is 23.8. The van der Waals surface area contributed by atoms with E-state index in [0.717, 1.165) is 11.0 Å². The first kappa shape index (κ1) is 36.8. The first-order valence-electron chi connectivity index (χ1n) is 13.7. The van der Waals surface area contributed by atoms with E-state index in [4.69, 9.17) is 47.4 Å². The van der Waals surface area contributed by atoms with Gasteiger partial charge in [0.15, 0.2) is 0 Å². The van der Waals surface area contributed by atoms with E-state index in [0.29, 0.717) is 112 Å². The molecule has 0 aromatic carbocycles. The molecule has 1 aliphatic heterocycles. The van der Waals surface area contributed by atoms with E-state index < -0.39 is 5.97 Å². The molecule has 2 amide bonds. The molecule has 0 saturated carbocycles. The van der Waals surface area contributed by atoms with Crippen LogP contribution in [0.2, 0.25) is 0 Å². The third-order valence-electron chi connectivity index (χ3n) is 4.97. The van der Waals surface area contributed by atoms with Crippen molar-refractivity contribution in [2.75, 3.05) is 132 Å². The first-order valence-corrected chi connectivity index (χ1v) is 13.7. The van der Waals surface area contributed by atoms with Gasteiger partial charge < -0.3 is 47.4 Å². The smallest absolute Gasteiger partial charge is 0.330 e. The van der Waals surface area contributed by atoms with Crippen LogP contribution in [-0.4, -0.2) is 155 Å². The van der Waals surface area contributed by atoms with Crippen molar-refractivity contribution in [3.63, 3.8) is 0 Å². The van der Waals surface area contributed by atoms with Gasteiger partial charge in [-0.25, -0.2) is 4.79 Å². The van der Waals surface area contributed by atoms with Crippen LogP contribution in [0.5, 0.6) is 0 Å². The van der Waals surface area contributed by atoms with Crippen LogP contribution in [0.1, 0.15) is 0 Å². The predicted octanol–water partition coefficient (Wildman–Crippen LogP) is -0.210. The molecule has 0 spiro atoms. The number of nitrogens with zero attached hydrogens (tertiary/aromatic N) is 1. The molecule has 0 unspecified atom stereocenters. The van der Waals surface area contributed by atoms with Gasteiger partial charge in [-0.2, -0.15) is 0 Å². The zero-order chi connectivity index (χ0) is 29.6. The molecule has 14 nitrogen and oxygen atoms in total. The number of carbonyl (C=O) groups is 3. The average molecular weight is 592 g/mol. The molecule has 0 atom stereocenters. The summed E-state index contributed by atoms with van der Waals surface area (Å²) < 4.78 is 53.2. The highest BCUT2D eigenvalue weighted by Crippen LogP contribution is 2.02. The van der Waals surface area contributed by atoms with Gasteiger partial charge in [0.2, 0.25) is 0 Å². The van der Waals surface area contributed by atoms with E-state index in [1.54, 1.807) is 0 Å². The van der Waals surface area contributed by atoms with Crippen molar-refractivity contribution in [2.24, 2.45) is 0 Å². The summed E-state index contributed by atoms with van der Waals surface area (Å²) in [6, 6.07) is 0. The molecule has 0 aromatic heterocycles. The standard InChI is InChI=1S/C27H45NO13/c1-2-27(31)41-24-23-40-22-21-39-20-19-38-18-17-37-16-15-36-14-13-35-12-11-34-10-9-33-8-7-32-6-5-28-25(29)3-4-26(28)30/h2-4H,1,5-24H2. The van der Waals surface area contributed by atoms with Gasteiger partial charge in [-0.3, -0.25) is 14.5 Å². The quantitative estimate of drug-likeness (QED) is 0.0454. The normalized spacial score (nSPS) is 12.9. The Morgan fingerprint density at radius 3 is 1.07 bits per heavy atom. The van der Waals surface area contributed by atoms with Crippen LogP contribution in [0.15, 0.2) is 24.8 Å². The highest BCUT2D eigenvalue weighted by molar-refractivity contribution is 6.12. The Labute approximate surface area is 241 Å². The van der Waals surface area contributed by atoms with Crippen LogP contribution in [0.3, 0.4) is 0 Å². The number of imide groups is 1. The van der Waals surface area contributed by atoms with Crippen molar-refractivity contribution >= 4 is 17.8 Å². The second-order valence-electron chi connectivity index (χ2n) is 8.04. The molecule has 0 saturated heterocycles. The topological polar surface area (TPSA) is 147 Å². The van der Waals surface area contributed by atoms with Crippen molar-refractivity contribution in [2.45, 2.75) is 0 Å². The molecule has 1 rings (SSSR count). The minimum atomic E-state index is -0.465. The fraction of sp³-hybridized carbons (Fsp3) is 0.741. The second-order valence-corrected chi connectivity index (χ2v) is 8.04. The number of amides is 2. The first-order chi connectivity index (χ1) is 20.1. The molecule has 0 N–H and O–H groups in total. The highest BCUT2D eigenvalue weighted by atomic mass is 16.6. The molecule has 1 heterocycles. The van der Waals surface area contributed by atoms with Gasteiger partial charge in [-0.1, -0.05) is 6.58 Å². The zero-order valence-corrected chi connectivity index (χ0v) is 23.8. The largest absolute Gasteiger partial charge is 0.460 e. The van der Waals surface area contributed by atoms with Crippen LogP contribution in [0.25, 0.3) is 0 Å². The van der Waals surface area contributed by atoms with Crippen molar-refractivity contribution < 1.29 is 61.8 Å². The van der Waals surface area contributed by atoms with Crippen molar-refractivity contribution in [3.05, 3.63) is 24.8 Å². The fourth-order valence-electron chi connectivity index (χ4n) is 2.93. The number of esters is 1. The molecule has 0 radical (unpaired) electrons. The van der Waals surface area contributed by atoms with Gasteiger partial charge in [0.25, 0.3) is 11.8 Å². The summed E-state index contributed by atoms with van der Waals surface area (Å²) >= 11 is 0. The van der Waals surface area contributed by atoms with E-state index >= 15 is 0 Å². The lowest BCUT2D eigenvalue weighted by Crippen LogP contribution is -2.33. The Balaban J connectivity index is 1.64. The second kappa shape index (κ2) is 27.9. The Hall–Kier alpha value is -2.27. The number of ether oxygens (including phenoxy) is 10. The molecule has 0 fully saturated rings. The van der Waals surface area contributed by atoms with E-state index in [-0.39, 0.29) is 31.6 Å². The summed E-state index contributed by atoms with van der Waals surface area (Å²) in [5.74, 6) is -1.09. The summed E-state index contributed by atoms with van der Waals surface area (Å²) in [7, 11) is 0. The van der Waals surface area contributed by atoms with Crippen molar-refractivity contribution in [1.82, 2.24) is 4.90 Å². The summed E-state index contributed by atoms with van der Waals surface area (Å²) in [6.45, 7) is 11.5. The summed E-state index contributed by atoms with van der Waals surface area (Å²) in [6.07, 6.45) is 3.61. The number of hydrogen-bond acceptors (Lipinski definition) is 13. The monoisotopic (exact) mass is 591 g/mol.